The number of aromatic nitrogens is 3. The smallest absolute Gasteiger partial charge is 0.421 e. The zero-order valence-electron chi connectivity index (χ0n) is 18.9. The molecule has 1 aliphatic carbocycles. The Morgan fingerprint density at radius 1 is 0.618 bits per heavy atom. The minimum Gasteiger partial charge on any atom is -0.421 e. The third-order valence-corrected chi connectivity index (χ3v) is 6.73. The van der Waals surface area contributed by atoms with Gasteiger partial charge in [0.1, 0.15) is 0 Å². The van der Waals surface area contributed by atoms with Crippen LogP contribution in [0.3, 0.4) is 0 Å². The molecule has 2 N–H and O–H groups in total. The zero-order valence-corrected chi connectivity index (χ0v) is 18.9. The largest absolute Gasteiger partial charge is 0.528 e. The lowest BCUT2D eigenvalue weighted by atomic mass is 9.82. The highest BCUT2D eigenvalue weighted by atomic mass is 16.4. The van der Waals surface area contributed by atoms with Crippen LogP contribution in [0.15, 0.2) is 84.9 Å². The summed E-state index contributed by atoms with van der Waals surface area (Å²) in [4.78, 5) is 13.5. The van der Waals surface area contributed by atoms with Gasteiger partial charge in [0.05, 0.1) is 0 Å². The van der Waals surface area contributed by atoms with Gasteiger partial charge in [0, 0.05) is 16.5 Å². The van der Waals surface area contributed by atoms with Crippen molar-refractivity contribution in [1.29, 1.82) is 0 Å². The van der Waals surface area contributed by atoms with E-state index in [9.17, 15) is 10.0 Å². The molecule has 0 saturated heterocycles. The fraction of sp³-hybridized carbons (Fsp3) is 0.107. The van der Waals surface area contributed by atoms with Gasteiger partial charge in [-0.3, -0.25) is 0 Å². The predicted octanol–water partition coefficient (Wildman–Crippen LogP) is 4.34. The first-order valence-electron chi connectivity index (χ1n) is 11.3. The van der Waals surface area contributed by atoms with Crippen molar-refractivity contribution in [1.82, 2.24) is 15.0 Å². The zero-order chi connectivity index (χ0) is 23.4. The maximum atomic E-state index is 9.90. The summed E-state index contributed by atoms with van der Waals surface area (Å²) in [5, 5.41) is 22.0. The van der Waals surface area contributed by atoms with Crippen molar-refractivity contribution in [2.24, 2.45) is 0 Å². The molecule has 6 heteroatoms. The van der Waals surface area contributed by atoms with E-state index in [1.54, 1.807) is 0 Å². The molecule has 0 amide bonds. The standard InChI is InChI=1S/C28H22BN3O2/c1-28(2)23-10-6-5-9-21(23)22-14-13-20(16-24(22)28)26-30-25(31-27(32-26)29(33)34)19-12-11-17-7-3-4-8-18(17)15-19/h3-16,33-34H,1-2H3. The molecule has 0 bridgehead atoms. The molecular weight excluding hydrogens is 421 g/mol. The van der Waals surface area contributed by atoms with Crippen molar-refractivity contribution >= 4 is 23.6 Å². The van der Waals surface area contributed by atoms with Crippen LogP contribution in [0.2, 0.25) is 0 Å². The topological polar surface area (TPSA) is 79.1 Å². The number of fused-ring (bicyclic) bond motifs is 4. The summed E-state index contributed by atoms with van der Waals surface area (Å²) in [6.45, 7) is 4.44. The molecule has 0 aliphatic heterocycles. The lowest BCUT2D eigenvalue weighted by molar-refractivity contribution is 0.422. The van der Waals surface area contributed by atoms with Gasteiger partial charge in [0.2, 0.25) is 0 Å². The van der Waals surface area contributed by atoms with E-state index in [1.807, 2.05) is 48.5 Å². The van der Waals surface area contributed by atoms with Gasteiger partial charge in [0.25, 0.3) is 0 Å². The van der Waals surface area contributed by atoms with Gasteiger partial charge in [-0.25, -0.2) is 15.0 Å². The SMILES string of the molecule is CC1(C)c2ccccc2-c2ccc(-c3nc(B(O)O)nc(-c4ccc5ccccc5c4)n3)cc21. The van der Waals surface area contributed by atoms with E-state index in [1.165, 1.54) is 22.3 Å². The fourth-order valence-electron chi connectivity index (χ4n) is 4.94. The van der Waals surface area contributed by atoms with Gasteiger partial charge in [-0.2, -0.15) is 0 Å². The van der Waals surface area contributed by atoms with E-state index in [0.29, 0.717) is 11.6 Å². The van der Waals surface area contributed by atoms with Crippen LogP contribution in [0, 0.1) is 0 Å². The molecule has 6 rings (SSSR count). The van der Waals surface area contributed by atoms with Crippen LogP contribution in [0.1, 0.15) is 25.0 Å². The lowest BCUT2D eigenvalue weighted by Crippen LogP contribution is -2.36. The van der Waals surface area contributed by atoms with E-state index < -0.39 is 7.12 Å². The second-order valence-electron chi connectivity index (χ2n) is 9.21. The number of hydrogen-bond acceptors (Lipinski definition) is 5. The molecule has 5 aromatic rings. The first kappa shape index (κ1) is 20.7. The summed E-state index contributed by atoms with van der Waals surface area (Å²) in [5.41, 5.74) is 6.31. The molecule has 5 nitrogen and oxygen atoms in total. The molecule has 0 spiro atoms. The molecule has 164 valence electrons. The maximum absolute atomic E-state index is 9.90. The van der Waals surface area contributed by atoms with Crippen LogP contribution in [0.4, 0.5) is 0 Å². The quantitative estimate of drug-likeness (QED) is 0.406. The Hall–Kier alpha value is -3.87. The first-order chi connectivity index (χ1) is 16.4. The number of hydrogen-bond donors (Lipinski definition) is 2. The highest BCUT2D eigenvalue weighted by Crippen LogP contribution is 2.49. The molecule has 0 unspecified atom stereocenters. The van der Waals surface area contributed by atoms with Gasteiger partial charge in [-0.05, 0) is 45.2 Å². The summed E-state index contributed by atoms with van der Waals surface area (Å²) in [5.74, 6) is 0.817. The Kier molecular flexibility index (Phi) is 4.62. The molecule has 1 aromatic heterocycles. The van der Waals surface area contributed by atoms with Crippen molar-refractivity contribution in [2.45, 2.75) is 19.3 Å². The van der Waals surface area contributed by atoms with Crippen molar-refractivity contribution in [3.8, 4) is 33.9 Å². The van der Waals surface area contributed by atoms with Crippen molar-refractivity contribution < 1.29 is 10.0 Å². The van der Waals surface area contributed by atoms with E-state index in [2.05, 4.69) is 60.2 Å². The van der Waals surface area contributed by atoms with Crippen molar-refractivity contribution in [2.75, 3.05) is 0 Å². The van der Waals surface area contributed by atoms with Gasteiger partial charge in [0.15, 0.2) is 17.4 Å². The van der Waals surface area contributed by atoms with Crippen molar-refractivity contribution in [3.05, 3.63) is 96.1 Å². The predicted molar refractivity (Wildman–Crippen MR) is 136 cm³/mol. The minimum atomic E-state index is -1.80. The third-order valence-electron chi connectivity index (χ3n) is 6.73. The summed E-state index contributed by atoms with van der Waals surface area (Å²) in [6.07, 6.45) is 0. The Labute approximate surface area is 198 Å². The van der Waals surface area contributed by atoms with E-state index in [0.717, 1.165) is 21.9 Å². The Bertz CT molecular complexity index is 1580. The van der Waals surface area contributed by atoms with Crippen LogP contribution in [-0.2, 0) is 5.41 Å². The molecule has 34 heavy (non-hydrogen) atoms. The molecule has 1 aliphatic rings. The van der Waals surface area contributed by atoms with Gasteiger partial charge in [-0.15, -0.1) is 0 Å². The summed E-state index contributed by atoms with van der Waals surface area (Å²) in [7, 11) is -1.80. The normalized spacial score (nSPS) is 13.5. The lowest BCUT2D eigenvalue weighted by Gasteiger charge is -2.21. The Morgan fingerprint density at radius 3 is 2.00 bits per heavy atom. The minimum absolute atomic E-state index is 0.0730. The van der Waals surface area contributed by atoms with Crippen LogP contribution in [-0.4, -0.2) is 32.1 Å². The highest BCUT2D eigenvalue weighted by Gasteiger charge is 2.35. The Balaban J connectivity index is 1.51. The van der Waals surface area contributed by atoms with Crippen LogP contribution in [0.5, 0.6) is 0 Å². The summed E-state index contributed by atoms with van der Waals surface area (Å²) < 4.78 is 0. The van der Waals surface area contributed by atoms with Gasteiger partial charge < -0.3 is 10.0 Å². The summed E-state index contributed by atoms with van der Waals surface area (Å²) >= 11 is 0. The van der Waals surface area contributed by atoms with Crippen LogP contribution >= 0.6 is 0 Å². The average Bonchev–Trinajstić information content (AvgIpc) is 3.10. The highest BCUT2D eigenvalue weighted by molar-refractivity contribution is 6.56. The molecule has 0 radical (unpaired) electrons. The molecule has 0 saturated carbocycles. The van der Waals surface area contributed by atoms with Crippen molar-refractivity contribution in [3.63, 3.8) is 0 Å². The molecule has 0 fully saturated rings. The first-order valence-corrected chi connectivity index (χ1v) is 11.3. The second-order valence-corrected chi connectivity index (χ2v) is 9.21. The number of benzene rings is 4. The van der Waals surface area contributed by atoms with E-state index in [4.69, 9.17) is 4.98 Å². The monoisotopic (exact) mass is 443 g/mol. The number of rotatable bonds is 3. The molecule has 0 atom stereocenters. The average molecular weight is 443 g/mol. The fourth-order valence-corrected chi connectivity index (χ4v) is 4.94. The molecular formula is C28H22BN3O2. The van der Waals surface area contributed by atoms with Gasteiger partial charge in [-0.1, -0.05) is 86.6 Å². The van der Waals surface area contributed by atoms with E-state index >= 15 is 0 Å². The van der Waals surface area contributed by atoms with E-state index in [-0.39, 0.29) is 11.1 Å². The second kappa shape index (κ2) is 7.59. The van der Waals surface area contributed by atoms with Crippen LogP contribution < -0.4 is 5.72 Å². The molecule has 4 aromatic carbocycles. The van der Waals surface area contributed by atoms with Gasteiger partial charge >= 0.3 is 7.12 Å². The maximum Gasteiger partial charge on any atom is 0.528 e. The van der Waals surface area contributed by atoms with Crippen LogP contribution in [0.25, 0.3) is 44.7 Å². The number of nitrogens with zero attached hydrogens (tertiary/aromatic N) is 3. The Morgan fingerprint density at radius 2 is 1.24 bits per heavy atom. The summed E-state index contributed by atoms with van der Waals surface area (Å²) in [6, 6.07) is 28.7. The third kappa shape index (κ3) is 3.23. The molecule has 1 heterocycles.